The van der Waals surface area contributed by atoms with Crippen LogP contribution in [0.25, 0.3) is 10.9 Å². The molecule has 3 atom stereocenters. The number of aromatic nitrogens is 1. The van der Waals surface area contributed by atoms with Crippen LogP contribution in [0.1, 0.15) is 34.9 Å². The van der Waals surface area contributed by atoms with Crippen LogP contribution in [0, 0.1) is 0 Å². The Hall–Kier alpha value is -3.12. The van der Waals surface area contributed by atoms with Crippen LogP contribution >= 0.6 is 0 Å². The van der Waals surface area contributed by atoms with E-state index < -0.39 is 5.72 Å². The molecule has 3 aliphatic rings. The molecule has 0 unspecified atom stereocenters. The van der Waals surface area contributed by atoms with Crippen LogP contribution in [-0.4, -0.2) is 51.5 Å². The third-order valence-electron chi connectivity index (χ3n) is 6.68. The third kappa shape index (κ3) is 2.26. The number of carbonyl (C=O) groups is 2. The number of likely N-dealkylation sites (tertiary alicyclic amines) is 1. The van der Waals surface area contributed by atoms with Crippen LogP contribution in [0.15, 0.2) is 60.8 Å². The molecule has 2 aromatic carbocycles. The Morgan fingerprint density at radius 2 is 1.90 bits per heavy atom. The fraction of sp³-hybridized carbons (Fsp3) is 0.304. The van der Waals surface area contributed by atoms with Crippen molar-refractivity contribution >= 4 is 22.7 Å². The quantitative estimate of drug-likeness (QED) is 0.735. The molecular formula is C23H21N3O3. The van der Waals surface area contributed by atoms with Crippen molar-refractivity contribution in [2.75, 3.05) is 13.1 Å². The molecule has 1 spiro atoms. The van der Waals surface area contributed by atoms with E-state index in [0.717, 1.165) is 16.5 Å². The molecule has 0 saturated carbocycles. The van der Waals surface area contributed by atoms with E-state index in [1.54, 1.807) is 6.20 Å². The van der Waals surface area contributed by atoms with E-state index >= 15 is 0 Å². The fourth-order valence-electron chi connectivity index (χ4n) is 5.31. The number of ether oxygens (including phenoxy) is 1. The number of fused-ring (bicyclic) bond motifs is 1. The second-order valence-corrected chi connectivity index (χ2v) is 8.08. The molecule has 1 aromatic heterocycles. The Labute approximate surface area is 168 Å². The molecule has 0 radical (unpaired) electrons. The normalized spacial score (nSPS) is 28.2. The lowest BCUT2D eigenvalue weighted by molar-refractivity contribution is -0.138. The van der Waals surface area contributed by atoms with Crippen LogP contribution < -0.4 is 0 Å². The number of H-pyrrole nitrogens is 1. The van der Waals surface area contributed by atoms with Gasteiger partial charge in [-0.3, -0.25) is 9.59 Å². The van der Waals surface area contributed by atoms with Gasteiger partial charge in [-0.15, -0.1) is 0 Å². The van der Waals surface area contributed by atoms with Crippen molar-refractivity contribution in [3.05, 3.63) is 71.9 Å². The van der Waals surface area contributed by atoms with Gasteiger partial charge in [0, 0.05) is 30.1 Å². The monoisotopic (exact) mass is 387 g/mol. The summed E-state index contributed by atoms with van der Waals surface area (Å²) in [7, 11) is 0. The van der Waals surface area contributed by atoms with E-state index in [0.29, 0.717) is 31.5 Å². The summed E-state index contributed by atoms with van der Waals surface area (Å²) in [6.45, 7) is 1.14. The van der Waals surface area contributed by atoms with E-state index in [-0.39, 0.29) is 24.0 Å². The zero-order chi connectivity index (χ0) is 19.6. The van der Waals surface area contributed by atoms with Gasteiger partial charge < -0.3 is 19.5 Å². The standard InChI is InChI=1S/C23H21N3O3/c27-21-12-20-23(26(21)14-19(29-23)15-6-2-1-3-7-15)10-11-25(20)22(28)17-13-24-18-9-5-4-8-16(17)18/h1-9,13,19-20,24H,10-12,14H2/t19-,20-,23+/m1/s1. The van der Waals surface area contributed by atoms with Crippen LogP contribution in [0.3, 0.4) is 0 Å². The van der Waals surface area contributed by atoms with Crippen LogP contribution in [0.5, 0.6) is 0 Å². The Kier molecular flexibility index (Phi) is 3.44. The van der Waals surface area contributed by atoms with Gasteiger partial charge in [0.25, 0.3) is 5.91 Å². The molecule has 29 heavy (non-hydrogen) atoms. The summed E-state index contributed by atoms with van der Waals surface area (Å²) in [6.07, 6.45) is 2.61. The van der Waals surface area contributed by atoms with Crippen molar-refractivity contribution in [2.24, 2.45) is 0 Å². The highest BCUT2D eigenvalue weighted by Crippen LogP contribution is 2.51. The molecule has 2 amide bonds. The number of nitrogens with zero attached hydrogens (tertiary/aromatic N) is 2. The molecule has 0 aliphatic carbocycles. The van der Waals surface area contributed by atoms with Gasteiger partial charge in [-0.05, 0) is 11.6 Å². The third-order valence-corrected chi connectivity index (χ3v) is 6.68. The first-order chi connectivity index (χ1) is 14.2. The van der Waals surface area contributed by atoms with Crippen LogP contribution in [0.4, 0.5) is 0 Å². The smallest absolute Gasteiger partial charge is 0.256 e. The largest absolute Gasteiger partial charge is 0.360 e. The first kappa shape index (κ1) is 16.8. The first-order valence-electron chi connectivity index (χ1n) is 10.1. The van der Waals surface area contributed by atoms with Gasteiger partial charge in [0.15, 0.2) is 5.72 Å². The molecule has 6 rings (SSSR count). The minimum absolute atomic E-state index is 0.0364. The van der Waals surface area contributed by atoms with Crippen LogP contribution in [0.2, 0.25) is 0 Å². The predicted molar refractivity (Wildman–Crippen MR) is 107 cm³/mol. The second kappa shape index (κ2) is 5.94. The number of hydrogen-bond acceptors (Lipinski definition) is 3. The molecule has 3 aliphatic heterocycles. The molecule has 4 heterocycles. The van der Waals surface area contributed by atoms with Gasteiger partial charge >= 0.3 is 0 Å². The fourth-order valence-corrected chi connectivity index (χ4v) is 5.31. The first-order valence-corrected chi connectivity index (χ1v) is 10.1. The summed E-state index contributed by atoms with van der Waals surface area (Å²) in [5, 5.41) is 0.911. The Bertz CT molecular complexity index is 1120. The minimum Gasteiger partial charge on any atom is -0.360 e. The van der Waals surface area contributed by atoms with Gasteiger partial charge in [-0.2, -0.15) is 0 Å². The van der Waals surface area contributed by atoms with Crippen molar-refractivity contribution in [1.29, 1.82) is 0 Å². The number of hydrogen-bond donors (Lipinski definition) is 1. The number of benzene rings is 2. The second-order valence-electron chi connectivity index (χ2n) is 8.08. The highest BCUT2D eigenvalue weighted by Gasteiger charge is 2.65. The van der Waals surface area contributed by atoms with E-state index in [2.05, 4.69) is 4.98 Å². The number of amides is 2. The summed E-state index contributed by atoms with van der Waals surface area (Å²) in [4.78, 5) is 33.1. The van der Waals surface area contributed by atoms with Crippen molar-refractivity contribution < 1.29 is 14.3 Å². The molecule has 146 valence electrons. The molecule has 3 saturated heterocycles. The number of nitrogens with one attached hydrogen (secondary N) is 1. The topological polar surface area (TPSA) is 65.6 Å². The number of aromatic amines is 1. The Balaban J connectivity index is 1.34. The number of carbonyl (C=O) groups excluding carboxylic acids is 2. The van der Waals surface area contributed by atoms with E-state index in [9.17, 15) is 9.59 Å². The highest BCUT2D eigenvalue weighted by atomic mass is 16.5. The van der Waals surface area contributed by atoms with Crippen molar-refractivity contribution in [3.63, 3.8) is 0 Å². The summed E-state index contributed by atoms with van der Waals surface area (Å²) < 4.78 is 6.54. The minimum atomic E-state index is -0.695. The van der Waals surface area contributed by atoms with Gasteiger partial charge in [0.2, 0.25) is 5.91 Å². The molecule has 3 fully saturated rings. The Morgan fingerprint density at radius 1 is 1.10 bits per heavy atom. The zero-order valence-corrected chi connectivity index (χ0v) is 15.9. The average molecular weight is 387 g/mol. The van der Waals surface area contributed by atoms with Crippen LogP contribution in [-0.2, 0) is 9.53 Å². The molecule has 6 nitrogen and oxygen atoms in total. The lowest BCUT2D eigenvalue weighted by atomic mass is 10.1. The molecule has 0 bridgehead atoms. The van der Waals surface area contributed by atoms with Crippen molar-refractivity contribution in [2.45, 2.75) is 30.7 Å². The molecule has 3 aromatic rings. The summed E-state index contributed by atoms with van der Waals surface area (Å²) in [5.41, 5.74) is 1.97. The number of para-hydroxylation sites is 1. The van der Waals surface area contributed by atoms with Gasteiger partial charge in [0.05, 0.1) is 24.6 Å². The van der Waals surface area contributed by atoms with E-state index in [1.807, 2.05) is 64.4 Å². The highest BCUT2D eigenvalue weighted by molar-refractivity contribution is 6.07. The molecule has 6 heteroatoms. The van der Waals surface area contributed by atoms with E-state index in [4.69, 9.17) is 4.74 Å². The SMILES string of the molecule is O=C(c1c[nH]c2ccccc12)N1CC[C@@]23O[C@@H](c4ccccc4)CN2C(=O)C[C@@H]13. The summed E-state index contributed by atoms with van der Waals surface area (Å²) in [5.74, 6) is 0.0376. The van der Waals surface area contributed by atoms with Crippen molar-refractivity contribution in [3.8, 4) is 0 Å². The average Bonchev–Trinajstić information content (AvgIpc) is 3.48. The zero-order valence-electron chi connectivity index (χ0n) is 15.9. The maximum Gasteiger partial charge on any atom is 0.256 e. The Morgan fingerprint density at radius 3 is 2.76 bits per heavy atom. The van der Waals surface area contributed by atoms with Crippen molar-refractivity contribution in [1.82, 2.24) is 14.8 Å². The van der Waals surface area contributed by atoms with E-state index in [1.165, 1.54) is 0 Å². The molecular weight excluding hydrogens is 366 g/mol. The predicted octanol–water partition coefficient (Wildman–Crippen LogP) is 3.08. The number of rotatable bonds is 2. The summed E-state index contributed by atoms with van der Waals surface area (Å²) in [6, 6.07) is 17.6. The lowest BCUT2D eigenvalue weighted by Crippen LogP contribution is -2.48. The lowest BCUT2D eigenvalue weighted by Gasteiger charge is -2.32. The molecule has 1 N–H and O–H groups in total. The van der Waals surface area contributed by atoms with Gasteiger partial charge in [-0.25, -0.2) is 0 Å². The maximum absolute atomic E-state index is 13.4. The van der Waals surface area contributed by atoms with Gasteiger partial charge in [-0.1, -0.05) is 48.5 Å². The maximum atomic E-state index is 13.4. The van der Waals surface area contributed by atoms with Gasteiger partial charge in [0.1, 0.15) is 6.10 Å². The summed E-state index contributed by atoms with van der Waals surface area (Å²) >= 11 is 0.